The van der Waals surface area contributed by atoms with Crippen molar-refractivity contribution < 1.29 is 18.4 Å². The number of piperidine rings is 1. The van der Waals surface area contributed by atoms with Gasteiger partial charge < -0.3 is 15.1 Å². The number of benzene rings is 2. The number of amides is 3. The largest absolute Gasteiger partial charge is 0.342 e. The molecule has 0 unspecified atom stereocenters. The highest BCUT2D eigenvalue weighted by atomic mass is 19.1. The maximum atomic E-state index is 13.4. The lowest BCUT2D eigenvalue weighted by Gasteiger charge is -2.39. The van der Waals surface area contributed by atoms with Gasteiger partial charge in [-0.05, 0) is 61.1 Å². The topological polar surface area (TPSA) is 52.7 Å². The molecule has 3 amide bonds. The summed E-state index contributed by atoms with van der Waals surface area (Å²) in [6.45, 7) is 1.38. The third kappa shape index (κ3) is 4.86. The first-order valence-corrected chi connectivity index (χ1v) is 10.8. The van der Waals surface area contributed by atoms with E-state index in [0.29, 0.717) is 29.9 Å². The molecule has 1 aliphatic heterocycles. The Bertz CT molecular complexity index is 932. The molecule has 31 heavy (non-hydrogen) atoms. The average Bonchev–Trinajstić information content (AvgIpc) is 2.72. The summed E-state index contributed by atoms with van der Waals surface area (Å²) < 4.78 is 26.9. The van der Waals surface area contributed by atoms with Gasteiger partial charge in [-0.1, -0.05) is 18.6 Å². The lowest BCUT2D eigenvalue weighted by molar-refractivity contribution is -0.139. The number of anilines is 1. The summed E-state index contributed by atoms with van der Waals surface area (Å²) in [6, 6.07) is 10.1. The monoisotopic (exact) mass is 427 g/mol. The van der Waals surface area contributed by atoms with Gasteiger partial charge in [0.25, 0.3) is 0 Å². The normalized spacial score (nSPS) is 17.2. The number of carbonyl (C=O) groups is 2. The first-order valence-electron chi connectivity index (χ1n) is 10.8. The minimum Gasteiger partial charge on any atom is -0.342 e. The quantitative estimate of drug-likeness (QED) is 0.756. The van der Waals surface area contributed by atoms with Crippen LogP contribution in [0.2, 0.25) is 0 Å². The van der Waals surface area contributed by atoms with Gasteiger partial charge >= 0.3 is 6.03 Å². The van der Waals surface area contributed by atoms with E-state index in [-0.39, 0.29) is 23.9 Å². The third-order valence-corrected chi connectivity index (χ3v) is 6.43. The summed E-state index contributed by atoms with van der Waals surface area (Å²) in [5.74, 6) is -0.775. The number of nitrogens with zero attached hydrogens (tertiary/aromatic N) is 2. The van der Waals surface area contributed by atoms with Gasteiger partial charge in [0.2, 0.25) is 5.91 Å². The molecule has 2 fully saturated rings. The maximum Gasteiger partial charge on any atom is 0.321 e. The second-order valence-corrected chi connectivity index (χ2v) is 8.46. The van der Waals surface area contributed by atoms with Crippen molar-refractivity contribution in [3.63, 3.8) is 0 Å². The molecular weight excluding hydrogens is 400 g/mol. The van der Waals surface area contributed by atoms with Crippen LogP contribution >= 0.6 is 0 Å². The van der Waals surface area contributed by atoms with Crippen molar-refractivity contribution in [2.45, 2.75) is 38.1 Å². The van der Waals surface area contributed by atoms with Crippen molar-refractivity contribution in [1.29, 1.82) is 0 Å². The van der Waals surface area contributed by atoms with Crippen LogP contribution in [0.5, 0.6) is 0 Å². The molecule has 4 rings (SSSR count). The van der Waals surface area contributed by atoms with Gasteiger partial charge in [-0.15, -0.1) is 0 Å². The van der Waals surface area contributed by atoms with Crippen LogP contribution in [0, 0.1) is 17.6 Å². The number of likely N-dealkylation sites (tertiary alicyclic amines) is 1. The van der Waals surface area contributed by atoms with E-state index in [4.69, 9.17) is 0 Å². The Morgan fingerprint density at radius 3 is 2.10 bits per heavy atom. The van der Waals surface area contributed by atoms with E-state index in [0.717, 1.165) is 38.2 Å². The summed E-state index contributed by atoms with van der Waals surface area (Å²) >= 11 is 0. The van der Waals surface area contributed by atoms with E-state index in [1.165, 1.54) is 12.1 Å². The van der Waals surface area contributed by atoms with Crippen molar-refractivity contribution in [3.8, 4) is 11.1 Å². The van der Waals surface area contributed by atoms with Crippen molar-refractivity contribution in [3.05, 3.63) is 54.1 Å². The highest BCUT2D eigenvalue weighted by molar-refractivity contribution is 5.89. The highest BCUT2D eigenvalue weighted by Gasteiger charge is 2.33. The van der Waals surface area contributed by atoms with Crippen LogP contribution in [0.25, 0.3) is 11.1 Å². The smallest absolute Gasteiger partial charge is 0.321 e. The fourth-order valence-electron chi connectivity index (χ4n) is 4.23. The van der Waals surface area contributed by atoms with Crippen LogP contribution in [0.4, 0.5) is 19.3 Å². The number of rotatable bonds is 4. The van der Waals surface area contributed by atoms with Crippen LogP contribution in [0.15, 0.2) is 42.5 Å². The molecular formula is C24H27F2N3O2. The van der Waals surface area contributed by atoms with Crippen LogP contribution in [-0.4, -0.2) is 47.9 Å². The minimum atomic E-state index is -0.630. The number of carbonyl (C=O) groups excluding carboxylic acids is 2. The Morgan fingerprint density at radius 1 is 0.935 bits per heavy atom. The first kappa shape index (κ1) is 21.3. The molecule has 1 aliphatic carbocycles. The Labute approximate surface area is 181 Å². The average molecular weight is 427 g/mol. The van der Waals surface area contributed by atoms with E-state index in [9.17, 15) is 18.4 Å². The summed E-state index contributed by atoms with van der Waals surface area (Å²) in [6.07, 6.45) is 4.71. The summed E-state index contributed by atoms with van der Waals surface area (Å²) in [7, 11) is 1.77. The molecule has 0 radical (unpaired) electrons. The molecule has 0 spiro atoms. The number of hydrogen-bond acceptors (Lipinski definition) is 2. The molecule has 1 saturated heterocycles. The van der Waals surface area contributed by atoms with E-state index < -0.39 is 11.6 Å². The van der Waals surface area contributed by atoms with Gasteiger partial charge in [0.15, 0.2) is 0 Å². The molecule has 1 N–H and O–H groups in total. The van der Waals surface area contributed by atoms with Crippen LogP contribution in [0.1, 0.15) is 32.1 Å². The van der Waals surface area contributed by atoms with Gasteiger partial charge in [-0.3, -0.25) is 4.79 Å². The Morgan fingerprint density at radius 2 is 1.55 bits per heavy atom. The summed E-state index contributed by atoms with van der Waals surface area (Å²) in [5, 5.41) is 2.87. The summed E-state index contributed by atoms with van der Waals surface area (Å²) in [4.78, 5) is 28.7. The van der Waals surface area contributed by atoms with Gasteiger partial charge in [0.05, 0.1) is 0 Å². The molecule has 0 atom stereocenters. The molecule has 2 aromatic rings. The zero-order chi connectivity index (χ0) is 22.0. The maximum absolute atomic E-state index is 13.4. The number of halogens is 2. The fourth-order valence-corrected chi connectivity index (χ4v) is 4.23. The molecule has 0 bridgehead atoms. The number of nitrogens with one attached hydrogen (secondary N) is 1. The van der Waals surface area contributed by atoms with E-state index in [1.54, 1.807) is 36.2 Å². The van der Waals surface area contributed by atoms with Crippen molar-refractivity contribution in [1.82, 2.24) is 9.80 Å². The van der Waals surface area contributed by atoms with E-state index in [2.05, 4.69) is 5.32 Å². The van der Waals surface area contributed by atoms with Crippen molar-refractivity contribution in [2.24, 2.45) is 5.92 Å². The van der Waals surface area contributed by atoms with Gasteiger partial charge in [-0.25, -0.2) is 13.6 Å². The van der Waals surface area contributed by atoms with E-state index >= 15 is 0 Å². The van der Waals surface area contributed by atoms with Crippen LogP contribution in [0.3, 0.4) is 0 Å². The number of hydrogen-bond donors (Lipinski definition) is 1. The van der Waals surface area contributed by atoms with E-state index in [1.807, 2.05) is 4.90 Å². The van der Waals surface area contributed by atoms with Crippen LogP contribution < -0.4 is 5.32 Å². The Kier molecular flexibility index (Phi) is 6.20. The number of urea groups is 1. The molecule has 0 aromatic heterocycles. The van der Waals surface area contributed by atoms with Crippen molar-refractivity contribution >= 4 is 17.6 Å². The minimum absolute atomic E-state index is 0.0833. The molecule has 2 aliphatic rings. The molecule has 1 saturated carbocycles. The Hall–Kier alpha value is -2.96. The lowest BCUT2D eigenvalue weighted by Crippen LogP contribution is -2.50. The molecule has 164 valence electrons. The van der Waals surface area contributed by atoms with Crippen LogP contribution in [-0.2, 0) is 4.79 Å². The zero-order valence-electron chi connectivity index (χ0n) is 17.6. The molecule has 1 heterocycles. The first-order chi connectivity index (χ1) is 14.9. The lowest BCUT2D eigenvalue weighted by atomic mass is 9.84. The Balaban J connectivity index is 1.31. The standard InChI is InChI=1S/C24H27F2N3O2/c1-28(22-9-11-29(12-10-22)23(30)17-3-2-4-17)24(31)27-21-7-5-16(6-8-21)18-13-19(25)15-20(26)14-18/h5-8,13-15,17,22H,2-4,9-12H2,1H3,(H,27,31). The van der Waals surface area contributed by atoms with Gasteiger partial charge in [0, 0.05) is 43.9 Å². The molecule has 7 heteroatoms. The SMILES string of the molecule is CN(C(=O)Nc1ccc(-c2cc(F)cc(F)c2)cc1)C1CCN(C(=O)C2CCC2)CC1. The predicted octanol–water partition coefficient (Wildman–Crippen LogP) is 4.89. The van der Waals surface area contributed by atoms with Gasteiger partial charge in [-0.2, -0.15) is 0 Å². The zero-order valence-corrected chi connectivity index (χ0v) is 17.6. The second-order valence-electron chi connectivity index (χ2n) is 8.46. The molecule has 5 nitrogen and oxygen atoms in total. The highest BCUT2D eigenvalue weighted by Crippen LogP contribution is 2.30. The van der Waals surface area contributed by atoms with Crippen molar-refractivity contribution in [2.75, 3.05) is 25.5 Å². The molecule has 2 aromatic carbocycles. The fraction of sp³-hybridized carbons (Fsp3) is 0.417. The van der Waals surface area contributed by atoms with Gasteiger partial charge in [0.1, 0.15) is 11.6 Å². The summed E-state index contributed by atoms with van der Waals surface area (Å²) in [5.41, 5.74) is 1.71. The predicted molar refractivity (Wildman–Crippen MR) is 116 cm³/mol. The third-order valence-electron chi connectivity index (χ3n) is 6.43. The second kappa shape index (κ2) is 9.04.